The van der Waals surface area contributed by atoms with E-state index in [4.69, 9.17) is 4.74 Å². The molecule has 0 aliphatic heterocycles. The van der Waals surface area contributed by atoms with Crippen molar-refractivity contribution in [3.05, 3.63) is 35.4 Å². The Labute approximate surface area is 93.9 Å². The molecule has 14 heavy (non-hydrogen) atoms. The first kappa shape index (κ1) is 11.3. The van der Waals surface area contributed by atoms with Crippen LogP contribution < -0.4 is 4.74 Å². The van der Waals surface area contributed by atoms with Crippen LogP contribution in [0.4, 0.5) is 0 Å². The summed E-state index contributed by atoms with van der Waals surface area (Å²) in [5.41, 5.74) is 2.36. The molecular weight excluding hydrogens is 240 g/mol. The lowest BCUT2D eigenvalue weighted by atomic mass is 10.1. The zero-order chi connectivity index (χ0) is 10.4. The Morgan fingerprint density at radius 3 is 2.86 bits per heavy atom. The highest BCUT2D eigenvalue weighted by molar-refractivity contribution is 9.09. The monoisotopic (exact) mass is 254 g/mol. The van der Waals surface area contributed by atoms with Crippen LogP contribution >= 0.6 is 15.9 Å². The predicted octanol–water partition coefficient (Wildman–Crippen LogP) is 3.80. The normalized spacial score (nSPS) is 10.8. The zero-order valence-electron chi connectivity index (χ0n) is 8.59. The minimum atomic E-state index is 0.950. The number of rotatable bonds is 4. The SMILES string of the molecule is COc1cc(C=CCCBr)ccc1C. The Hall–Kier alpha value is -0.760. The molecule has 2 heteroatoms. The molecule has 1 aromatic carbocycles. The molecular formula is C12H15BrO. The molecule has 76 valence electrons. The van der Waals surface area contributed by atoms with Gasteiger partial charge in [0.25, 0.3) is 0 Å². The Balaban J connectivity index is 2.79. The quantitative estimate of drug-likeness (QED) is 0.743. The Bertz CT molecular complexity index is 318. The zero-order valence-corrected chi connectivity index (χ0v) is 10.2. The predicted molar refractivity (Wildman–Crippen MR) is 65.2 cm³/mol. The smallest absolute Gasteiger partial charge is 0.122 e. The highest BCUT2D eigenvalue weighted by Crippen LogP contribution is 2.19. The standard InChI is InChI=1S/C12H15BrO/c1-10-6-7-11(5-3-4-8-13)9-12(10)14-2/h3,5-7,9H,4,8H2,1-2H3. The summed E-state index contributed by atoms with van der Waals surface area (Å²) in [6, 6.07) is 6.23. The van der Waals surface area contributed by atoms with Crippen LogP contribution in [-0.4, -0.2) is 12.4 Å². The summed E-state index contributed by atoms with van der Waals surface area (Å²) in [6.45, 7) is 2.05. The third kappa shape index (κ3) is 3.18. The van der Waals surface area contributed by atoms with E-state index in [1.807, 2.05) is 6.92 Å². The maximum atomic E-state index is 5.25. The van der Waals surface area contributed by atoms with Crippen LogP contribution in [0, 0.1) is 6.92 Å². The molecule has 0 bridgehead atoms. The van der Waals surface area contributed by atoms with E-state index in [0.717, 1.165) is 17.5 Å². The molecule has 0 fully saturated rings. The number of alkyl halides is 1. The third-order valence-electron chi connectivity index (χ3n) is 2.02. The highest BCUT2D eigenvalue weighted by atomic mass is 79.9. The number of ether oxygens (including phenoxy) is 1. The fraction of sp³-hybridized carbons (Fsp3) is 0.333. The average molecular weight is 255 g/mol. The molecule has 1 nitrogen and oxygen atoms in total. The minimum Gasteiger partial charge on any atom is -0.496 e. The van der Waals surface area contributed by atoms with Crippen molar-refractivity contribution in [1.82, 2.24) is 0 Å². The summed E-state index contributed by atoms with van der Waals surface area (Å²) in [7, 11) is 1.70. The molecule has 0 radical (unpaired) electrons. The first-order valence-electron chi connectivity index (χ1n) is 4.65. The second-order valence-electron chi connectivity index (χ2n) is 3.11. The number of aryl methyl sites for hydroxylation is 1. The average Bonchev–Trinajstić information content (AvgIpc) is 2.21. The van der Waals surface area contributed by atoms with Crippen LogP contribution in [0.2, 0.25) is 0 Å². The molecule has 0 atom stereocenters. The van der Waals surface area contributed by atoms with Crippen molar-refractivity contribution in [3.63, 3.8) is 0 Å². The molecule has 0 heterocycles. The third-order valence-corrected chi connectivity index (χ3v) is 2.48. The summed E-state index contributed by atoms with van der Waals surface area (Å²) in [6.07, 6.45) is 5.32. The van der Waals surface area contributed by atoms with Gasteiger partial charge in [-0.15, -0.1) is 0 Å². The van der Waals surface area contributed by atoms with E-state index in [2.05, 4.69) is 46.3 Å². The number of hydrogen-bond acceptors (Lipinski definition) is 1. The molecule has 1 aromatic rings. The lowest BCUT2D eigenvalue weighted by molar-refractivity contribution is 0.411. The summed E-state index contributed by atoms with van der Waals surface area (Å²) in [5, 5.41) is 1.01. The van der Waals surface area contributed by atoms with Crippen molar-refractivity contribution < 1.29 is 4.74 Å². The van der Waals surface area contributed by atoms with Gasteiger partial charge in [0.05, 0.1) is 7.11 Å². The largest absolute Gasteiger partial charge is 0.496 e. The van der Waals surface area contributed by atoms with Gasteiger partial charge in [-0.05, 0) is 30.5 Å². The fourth-order valence-corrected chi connectivity index (χ4v) is 1.49. The number of benzene rings is 1. The van der Waals surface area contributed by atoms with Crippen molar-refractivity contribution >= 4 is 22.0 Å². The van der Waals surface area contributed by atoms with Crippen molar-refractivity contribution in [2.75, 3.05) is 12.4 Å². The number of allylic oxidation sites excluding steroid dienone is 1. The molecule has 0 unspecified atom stereocenters. The van der Waals surface area contributed by atoms with Gasteiger partial charge in [0.2, 0.25) is 0 Å². The van der Waals surface area contributed by atoms with Gasteiger partial charge in [-0.2, -0.15) is 0 Å². The summed E-state index contributed by atoms with van der Waals surface area (Å²) < 4.78 is 5.25. The van der Waals surface area contributed by atoms with Gasteiger partial charge in [-0.3, -0.25) is 0 Å². The van der Waals surface area contributed by atoms with Crippen molar-refractivity contribution in [2.45, 2.75) is 13.3 Å². The number of halogens is 1. The van der Waals surface area contributed by atoms with Crippen molar-refractivity contribution in [3.8, 4) is 5.75 Å². The lowest BCUT2D eigenvalue weighted by Crippen LogP contribution is -1.87. The van der Waals surface area contributed by atoms with Gasteiger partial charge in [-0.25, -0.2) is 0 Å². The molecule has 0 aliphatic carbocycles. The molecule has 0 aromatic heterocycles. The summed E-state index contributed by atoms with van der Waals surface area (Å²) >= 11 is 3.39. The highest BCUT2D eigenvalue weighted by Gasteiger charge is 1.96. The van der Waals surface area contributed by atoms with Crippen molar-refractivity contribution in [2.24, 2.45) is 0 Å². The second-order valence-corrected chi connectivity index (χ2v) is 3.90. The van der Waals surface area contributed by atoms with Gasteiger partial charge in [0, 0.05) is 5.33 Å². The van der Waals surface area contributed by atoms with E-state index < -0.39 is 0 Å². The lowest BCUT2D eigenvalue weighted by Gasteiger charge is -2.04. The Kier molecular flexibility index (Phi) is 4.74. The van der Waals surface area contributed by atoms with Gasteiger partial charge in [-0.1, -0.05) is 40.2 Å². The van der Waals surface area contributed by atoms with Gasteiger partial charge >= 0.3 is 0 Å². The molecule has 0 aliphatic rings. The van der Waals surface area contributed by atoms with Crippen LogP contribution in [0.25, 0.3) is 6.08 Å². The van der Waals surface area contributed by atoms with Crippen molar-refractivity contribution in [1.29, 1.82) is 0 Å². The Morgan fingerprint density at radius 2 is 2.21 bits per heavy atom. The van der Waals surface area contributed by atoms with E-state index in [1.165, 1.54) is 11.1 Å². The second kappa shape index (κ2) is 5.86. The van der Waals surface area contributed by atoms with Gasteiger partial charge in [0.15, 0.2) is 0 Å². The van der Waals surface area contributed by atoms with Crippen LogP contribution in [0.15, 0.2) is 24.3 Å². The molecule has 0 saturated carbocycles. The summed E-state index contributed by atoms with van der Waals surface area (Å²) in [5.74, 6) is 0.950. The maximum Gasteiger partial charge on any atom is 0.122 e. The van der Waals surface area contributed by atoms with Gasteiger partial charge in [0.1, 0.15) is 5.75 Å². The van der Waals surface area contributed by atoms with Crippen LogP contribution in [0.3, 0.4) is 0 Å². The van der Waals surface area contributed by atoms with E-state index in [-0.39, 0.29) is 0 Å². The topological polar surface area (TPSA) is 9.23 Å². The number of hydrogen-bond donors (Lipinski definition) is 0. The minimum absolute atomic E-state index is 0.950. The summed E-state index contributed by atoms with van der Waals surface area (Å²) in [4.78, 5) is 0. The first-order chi connectivity index (χ1) is 6.77. The van der Waals surface area contributed by atoms with Gasteiger partial charge < -0.3 is 4.74 Å². The molecule has 0 spiro atoms. The van der Waals surface area contributed by atoms with E-state index in [0.29, 0.717) is 0 Å². The van der Waals surface area contributed by atoms with Crippen LogP contribution in [0.5, 0.6) is 5.75 Å². The van der Waals surface area contributed by atoms with E-state index in [9.17, 15) is 0 Å². The van der Waals surface area contributed by atoms with E-state index >= 15 is 0 Å². The maximum absolute atomic E-state index is 5.25. The van der Waals surface area contributed by atoms with E-state index in [1.54, 1.807) is 7.11 Å². The Morgan fingerprint density at radius 1 is 1.43 bits per heavy atom. The number of methoxy groups -OCH3 is 1. The molecule has 1 rings (SSSR count). The van der Waals surface area contributed by atoms with Crippen LogP contribution in [-0.2, 0) is 0 Å². The molecule has 0 saturated heterocycles. The molecule has 0 N–H and O–H groups in total. The first-order valence-corrected chi connectivity index (χ1v) is 5.77. The van der Waals surface area contributed by atoms with Crippen LogP contribution in [0.1, 0.15) is 17.5 Å². The fourth-order valence-electron chi connectivity index (χ4n) is 1.22. The molecule has 0 amide bonds.